The second kappa shape index (κ2) is 4.04. The third-order valence-corrected chi connectivity index (χ3v) is 1.62. The van der Waals surface area contributed by atoms with E-state index in [1.807, 2.05) is 19.0 Å². The van der Waals surface area contributed by atoms with Gasteiger partial charge in [-0.25, -0.2) is 15.0 Å². The molecule has 2 aromatic rings. The van der Waals surface area contributed by atoms with Gasteiger partial charge < -0.3 is 9.88 Å². The molecular formula is C7H10N5Na. The van der Waals surface area contributed by atoms with Gasteiger partial charge >= 0.3 is 29.6 Å². The molecule has 0 aromatic carbocycles. The summed E-state index contributed by atoms with van der Waals surface area (Å²) in [5.41, 5.74) is 1.58. The molecule has 0 bridgehead atoms. The summed E-state index contributed by atoms with van der Waals surface area (Å²) in [6.45, 7) is 0. The van der Waals surface area contributed by atoms with Gasteiger partial charge in [0.15, 0.2) is 11.5 Å². The first-order valence-electron chi connectivity index (χ1n) is 3.60. The molecule has 0 saturated heterocycles. The maximum absolute atomic E-state index is 4.12. The molecule has 0 fully saturated rings. The zero-order valence-corrected chi connectivity index (χ0v) is 6.94. The van der Waals surface area contributed by atoms with Crippen molar-refractivity contribution in [2.24, 2.45) is 0 Å². The van der Waals surface area contributed by atoms with Gasteiger partial charge in [-0.15, -0.1) is 0 Å². The van der Waals surface area contributed by atoms with Crippen LogP contribution < -0.4 is 4.90 Å². The molecule has 0 saturated carbocycles. The number of rotatable bonds is 1. The number of fused-ring (bicyclic) bond motifs is 1. The van der Waals surface area contributed by atoms with Crippen molar-refractivity contribution in [1.82, 2.24) is 19.9 Å². The maximum atomic E-state index is 4.12. The van der Waals surface area contributed by atoms with Crippen molar-refractivity contribution >= 4 is 46.5 Å². The van der Waals surface area contributed by atoms with Crippen LogP contribution in [0.4, 0.5) is 5.82 Å². The minimum atomic E-state index is 0. The average molecular weight is 187 g/mol. The van der Waals surface area contributed by atoms with Gasteiger partial charge in [0.05, 0.1) is 6.33 Å². The van der Waals surface area contributed by atoms with Crippen molar-refractivity contribution in [3.63, 3.8) is 0 Å². The van der Waals surface area contributed by atoms with Crippen molar-refractivity contribution in [1.29, 1.82) is 0 Å². The van der Waals surface area contributed by atoms with Crippen LogP contribution in [0.1, 0.15) is 0 Å². The van der Waals surface area contributed by atoms with Crippen LogP contribution in [0.2, 0.25) is 0 Å². The van der Waals surface area contributed by atoms with Gasteiger partial charge in [0.2, 0.25) is 0 Å². The number of nitrogens with zero attached hydrogens (tertiary/aromatic N) is 4. The molecular weight excluding hydrogens is 177 g/mol. The molecule has 6 heteroatoms. The number of H-pyrrole nitrogens is 1. The molecule has 64 valence electrons. The number of hydrogen-bond acceptors (Lipinski definition) is 4. The Labute approximate surface area is 97.9 Å². The summed E-state index contributed by atoms with van der Waals surface area (Å²) in [4.78, 5) is 17.1. The molecule has 0 amide bonds. The second-order valence-corrected chi connectivity index (χ2v) is 2.69. The number of imidazole rings is 1. The molecule has 5 nitrogen and oxygen atoms in total. The second-order valence-electron chi connectivity index (χ2n) is 2.69. The Morgan fingerprint density at radius 2 is 2.00 bits per heavy atom. The van der Waals surface area contributed by atoms with Crippen LogP contribution in [0.25, 0.3) is 11.2 Å². The first-order valence-corrected chi connectivity index (χ1v) is 3.60. The van der Waals surface area contributed by atoms with Crippen LogP contribution in [-0.2, 0) is 0 Å². The minimum absolute atomic E-state index is 0. The van der Waals surface area contributed by atoms with Crippen LogP contribution >= 0.6 is 0 Å². The Balaban J connectivity index is 0.000000845. The van der Waals surface area contributed by atoms with Gasteiger partial charge in [-0.2, -0.15) is 0 Å². The summed E-state index contributed by atoms with van der Waals surface area (Å²) in [6, 6.07) is 0. The zero-order chi connectivity index (χ0) is 8.55. The van der Waals surface area contributed by atoms with Crippen molar-refractivity contribution < 1.29 is 0 Å². The Morgan fingerprint density at radius 1 is 1.23 bits per heavy atom. The molecule has 2 heterocycles. The van der Waals surface area contributed by atoms with Crippen LogP contribution in [-0.4, -0.2) is 63.6 Å². The number of aromatic amines is 1. The van der Waals surface area contributed by atoms with E-state index in [1.54, 1.807) is 6.33 Å². The Kier molecular flexibility index (Phi) is 3.24. The molecule has 0 atom stereocenters. The standard InChI is InChI=1S/C7H9N5.Na.H/c1-12(2)7-5-6(9-3-8-5)10-4-11-7;;/h3-4H,1-2H3,(H,8,9,10,11);;. The molecule has 0 radical (unpaired) electrons. The zero-order valence-electron chi connectivity index (χ0n) is 6.94. The molecule has 2 aromatic heterocycles. The number of hydrogen-bond donors (Lipinski definition) is 1. The van der Waals surface area contributed by atoms with Gasteiger partial charge in [0, 0.05) is 14.1 Å². The van der Waals surface area contributed by atoms with Crippen molar-refractivity contribution in [3.8, 4) is 0 Å². The summed E-state index contributed by atoms with van der Waals surface area (Å²) < 4.78 is 0. The van der Waals surface area contributed by atoms with Gasteiger partial charge in [0.25, 0.3) is 0 Å². The first-order chi connectivity index (χ1) is 5.79. The third kappa shape index (κ3) is 1.82. The molecule has 0 unspecified atom stereocenters. The fourth-order valence-corrected chi connectivity index (χ4v) is 1.08. The van der Waals surface area contributed by atoms with Crippen LogP contribution in [0, 0.1) is 0 Å². The summed E-state index contributed by atoms with van der Waals surface area (Å²) in [5, 5.41) is 0. The van der Waals surface area contributed by atoms with E-state index in [1.165, 1.54) is 6.33 Å². The van der Waals surface area contributed by atoms with Crippen LogP contribution in [0.15, 0.2) is 12.7 Å². The van der Waals surface area contributed by atoms with Crippen molar-refractivity contribution in [2.45, 2.75) is 0 Å². The molecule has 0 aliphatic carbocycles. The van der Waals surface area contributed by atoms with E-state index in [4.69, 9.17) is 0 Å². The summed E-state index contributed by atoms with van der Waals surface area (Å²) in [5.74, 6) is 0.834. The number of anilines is 1. The predicted molar refractivity (Wildman–Crippen MR) is 53.2 cm³/mol. The normalized spacial score (nSPS) is 9.69. The fraction of sp³-hybridized carbons (Fsp3) is 0.286. The molecule has 13 heavy (non-hydrogen) atoms. The van der Waals surface area contributed by atoms with Gasteiger partial charge in [-0.1, -0.05) is 0 Å². The van der Waals surface area contributed by atoms with E-state index < -0.39 is 0 Å². The fourth-order valence-electron chi connectivity index (χ4n) is 1.08. The number of nitrogens with one attached hydrogen (secondary N) is 1. The quantitative estimate of drug-likeness (QED) is 0.626. The average Bonchev–Trinajstić information content (AvgIpc) is 2.49. The topological polar surface area (TPSA) is 57.7 Å². The Bertz CT molecular complexity index is 396. The molecule has 0 aliphatic rings. The van der Waals surface area contributed by atoms with Gasteiger partial charge in [0.1, 0.15) is 11.8 Å². The van der Waals surface area contributed by atoms with Gasteiger partial charge in [-0.05, 0) is 0 Å². The third-order valence-electron chi connectivity index (χ3n) is 1.62. The van der Waals surface area contributed by atoms with E-state index >= 15 is 0 Å². The Morgan fingerprint density at radius 3 is 2.69 bits per heavy atom. The SMILES string of the molecule is CN(C)c1ncnc2[nH]cnc12.[NaH]. The van der Waals surface area contributed by atoms with E-state index in [-0.39, 0.29) is 29.6 Å². The van der Waals surface area contributed by atoms with E-state index in [9.17, 15) is 0 Å². The molecule has 2 rings (SSSR count). The van der Waals surface area contributed by atoms with E-state index in [0.29, 0.717) is 0 Å². The monoisotopic (exact) mass is 187 g/mol. The van der Waals surface area contributed by atoms with Crippen molar-refractivity contribution in [2.75, 3.05) is 19.0 Å². The van der Waals surface area contributed by atoms with Crippen molar-refractivity contribution in [3.05, 3.63) is 12.7 Å². The van der Waals surface area contributed by atoms with E-state index in [0.717, 1.165) is 17.0 Å². The summed E-state index contributed by atoms with van der Waals surface area (Å²) in [7, 11) is 3.85. The molecule has 1 N–H and O–H groups in total. The summed E-state index contributed by atoms with van der Waals surface area (Å²) in [6.07, 6.45) is 3.14. The van der Waals surface area contributed by atoms with E-state index in [2.05, 4.69) is 19.9 Å². The first kappa shape index (κ1) is 10.4. The van der Waals surface area contributed by atoms with Gasteiger partial charge in [-0.3, -0.25) is 0 Å². The summed E-state index contributed by atoms with van der Waals surface area (Å²) >= 11 is 0. The Hall–Kier alpha value is -0.650. The predicted octanol–water partition coefficient (Wildman–Crippen LogP) is -0.230. The molecule has 0 aliphatic heterocycles. The van der Waals surface area contributed by atoms with Crippen LogP contribution in [0.5, 0.6) is 0 Å². The molecule has 0 spiro atoms. The van der Waals surface area contributed by atoms with Crippen LogP contribution in [0.3, 0.4) is 0 Å². The number of aromatic nitrogens is 4.